The number of imide groups is 1. The van der Waals surface area contributed by atoms with Gasteiger partial charge in [-0.2, -0.15) is 0 Å². The third-order valence-electron chi connectivity index (χ3n) is 3.21. The van der Waals surface area contributed by atoms with E-state index in [2.05, 4.69) is 15.2 Å². The van der Waals surface area contributed by atoms with Crippen LogP contribution in [0.2, 0.25) is 0 Å². The van der Waals surface area contributed by atoms with Crippen LogP contribution in [0.3, 0.4) is 0 Å². The Balaban J connectivity index is 0.00000180. The lowest BCUT2D eigenvalue weighted by Crippen LogP contribution is -2.41. The first kappa shape index (κ1) is 16.0. The first-order valence-electron chi connectivity index (χ1n) is 6.31. The van der Waals surface area contributed by atoms with E-state index in [9.17, 15) is 9.59 Å². The number of rotatable bonds is 3. The maximum Gasteiger partial charge on any atom is 0.324 e. The van der Waals surface area contributed by atoms with Crippen molar-refractivity contribution in [3.05, 3.63) is 0 Å². The van der Waals surface area contributed by atoms with Gasteiger partial charge in [-0.05, 0) is 19.3 Å². The van der Waals surface area contributed by atoms with Crippen LogP contribution < -0.4 is 11.1 Å². The molecule has 108 valence electrons. The molecule has 7 nitrogen and oxygen atoms in total. The molecule has 0 spiro atoms. The molecule has 19 heavy (non-hydrogen) atoms. The van der Waals surface area contributed by atoms with E-state index < -0.39 is 0 Å². The number of amides is 3. The van der Waals surface area contributed by atoms with Crippen molar-refractivity contribution >= 4 is 41.9 Å². The number of hydrogen-bond donors (Lipinski definition) is 2. The zero-order valence-corrected chi connectivity index (χ0v) is 13.1. The predicted octanol–water partition coefficient (Wildman–Crippen LogP) is -0.0432. The van der Waals surface area contributed by atoms with Crippen LogP contribution in [0.15, 0.2) is 4.99 Å². The minimum Gasteiger partial charge on any atom is -0.370 e. The smallest absolute Gasteiger partial charge is 0.324 e. The molecule has 2 saturated heterocycles. The highest BCUT2D eigenvalue weighted by Crippen LogP contribution is 2.07. The molecule has 0 atom stereocenters. The lowest BCUT2D eigenvalue weighted by atomic mass is 10.1. The molecule has 0 aliphatic carbocycles. The highest BCUT2D eigenvalue weighted by molar-refractivity contribution is 14.0. The molecule has 3 amide bonds. The van der Waals surface area contributed by atoms with Gasteiger partial charge >= 0.3 is 6.03 Å². The number of carbonyl (C=O) groups is 2. The van der Waals surface area contributed by atoms with Crippen molar-refractivity contribution in [2.45, 2.75) is 19.3 Å². The molecule has 0 saturated carbocycles. The first-order valence-corrected chi connectivity index (χ1v) is 6.31. The maximum absolute atomic E-state index is 11.3. The molecule has 0 radical (unpaired) electrons. The molecule has 3 N–H and O–H groups in total. The van der Waals surface area contributed by atoms with Gasteiger partial charge in [-0.25, -0.2) is 4.79 Å². The molecule has 8 heteroatoms. The van der Waals surface area contributed by atoms with Crippen LogP contribution in [0, 0.1) is 0 Å². The normalized spacial score (nSPS) is 20.3. The number of carbonyl (C=O) groups excluding carboxylic acids is 2. The fraction of sp³-hybridized carbons (Fsp3) is 0.727. The van der Waals surface area contributed by atoms with Crippen LogP contribution >= 0.6 is 24.0 Å². The van der Waals surface area contributed by atoms with Crippen molar-refractivity contribution in [2.24, 2.45) is 10.7 Å². The summed E-state index contributed by atoms with van der Waals surface area (Å²) < 4.78 is 0. The number of likely N-dealkylation sites (tertiary alicyclic amines) is 1. The van der Waals surface area contributed by atoms with E-state index in [0.717, 1.165) is 25.9 Å². The second-order valence-corrected chi connectivity index (χ2v) is 4.49. The van der Waals surface area contributed by atoms with Crippen LogP contribution in [0.4, 0.5) is 4.79 Å². The van der Waals surface area contributed by atoms with Crippen LogP contribution in [0.5, 0.6) is 0 Å². The topological polar surface area (TPSA) is 91.0 Å². The van der Waals surface area contributed by atoms with Gasteiger partial charge in [0.1, 0.15) is 0 Å². The SMILES string of the molecule is I.NC(=NCCN1C(=O)CNC1=O)N1CCCCC1. The zero-order valence-electron chi connectivity index (χ0n) is 10.8. The van der Waals surface area contributed by atoms with Gasteiger partial charge in [0, 0.05) is 13.1 Å². The summed E-state index contributed by atoms with van der Waals surface area (Å²) in [6, 6.07) is -0.341. The van der Waals surface area contributed by atoms with E-state index in [4.69, 9.17) is 5.73 Å². The van der Waals surface area contributed by atoms with Gasteiger partial charge in [0.15, 0.2) is 5.96 Å². The summed E-state index contributed by atoms with van der Waals surface area (Å²) in [4.78, 5) is 30.0. The molecule has 0 aromatic heterocycles. The summed E-state index contributed by atoms with van der Waals surface area (Å²) in [6.07, 6.45) is 3.53. The molecular weight excluding hydrogens is 361 g/mol. The van der Waals surface area contributed by atoms with Gasteiger partial charge in [-0.15, -0.1) is 24.0 Å². The number of nitrogens with zero attached hydrogens (tertiary/aromatic N) is 3. The Hall–Kier alpha value is -1.06. The minimum absolute atomic E-state index is 0. The number of halogens is 1. The third kappa shape index (κ3) is 4.22. The van der Waals surface area contributed by atoms with E-state index in [0.29, 0.717) is 19.0 Å². The van der Waals surface area contributed by atoms with Crippen LogP contribution in [0.1, 0.15) is 19.3 Å². The number of hydrogen-bond acceptors (Lipinski definition) is 3. The van der Waals surface area contributed by atoms with Crippen LogP contribution in [-0.2, 0) is 4.79 Å². The lowest BCUT2D eigenvalue weighted by molar-refractivity contribution is -0.124. The molecule has 0 aromatic carbocycles. The van der Waals surface area contributed by atoms with Crippen LogP contribution in [0.25, 0.3) is 0 Å². The monoisotopic (exact) mass is 381 g/mol. The molecule has 2 rings (SSSR count). The van der Waals surface area contributed by atoms with Crippen molar-refractivity contribution in [3.8, 4) is 0 Å². The highest BCUT2D eigenvalue weighted by Gasteiger charge is 2.27. The second kappa shape index (κ2) is 7.51. The van der Waals surface area contributed by atoms with E-state index in [1.807, 2.05) is 0 Å². The summed E-state index contributed by atoms with van der Waals surface area (Å²) in [5, 5.41) is 2.47. The van der Waals surface area contributed by atoms with Gasteiger partial charge in [0.2, 0.25) is 5.91 Å². The quantitative estimate of drug-likeness (QED) is 0.311. The standard InChI is InChI=1S/C11H19N5O2.HI/c12-10(15-5-2-1-3-6-15)13-4-7-16-9(17)8-14-11(16)18;/h1-8H2,(H2,12,13)(H,14,18);1H. The van der Waals surface area contributed by atoms with Gasteiger partial charge in [-0.3, -0.25) is 14.7 Å². The average molecular weight is 381 g/mol. The fourth-order valence-corrected chi connectivity index (χ4v) is 2.17. The average Bonchev–Trinajstić information content (AvgIpc) is 2.71. The first-order chi connectivity index (χ1) is 8.68. The van der Waals surface area contributed by atoms with Gasteiger partial charge < -0.3 is 16.0 Å². The molecule has 0 unspecified atom stereocenters. The number of nitrogens with two attached hydrogens (primary N) is 1. The molecule has 0 bridgehead atoms. The summed E-state index contributed by atoms with van der Waals surface area (Å²) >= 11 is 0. The Bertz CT molecular complexity index is 352. The van der Waals surface area contributed by atoms with Crippen molar-refractivity contribution < 1.29 is 9.59 Å². The van der Waals surface area contributed by atoms with Crippen molar-refractivity contribution in [2.75, 3.05) is 32.7 Å². The Kier molecular flexibility index (Phi) is 6.32. The molecule has 2 aliphatic rings. The Morgan fingerprint density at radius 2 is 1.95 bits per heavy atom. The van der Waals surface area contributed by atoms with Crippen molar-refractivity contribution in [3.63, 3.8) is 0 Å². The Labute approximate surface area is 129 Å². The summed E-state index contributed by atoms with van der Waals surface area (Å²) in [6.45, 7) is 2.63. The molecule has 2 heterocycles. The summed E-state index contributed by atoms with van der Waals surface area (Å²) in [7, 11) is 0. The predicted molar refractivity (Wildman–Crippen MR) is 82.4 cm³/mol. The highest BCUT2D eigenvalue weighted by atomic mass is 127. The fourth-order valence-electron chi connectivity index (χ4n) is 2.17. The molecule has 0 aromatic rings. The number of nitrogens with one attached hydrogen (secondary N) is 1. The van der Waals surface area contributed by atoms with E-state index in [1.165, 1.54) is 11.3 Å². The summed E-state index contributed by atoms with van der Waals surface area (Å²) in [5.74, 6) is 0.313. The number of guanidine groups is 1. The number of aliphatic imine (C=N–C) groups is 1. The van der Waals surface area contributed by atoms with E-state index in [1.54, 1.807) is 0 Å². The van der Waals surface area contributed by atoms with Crippen LogP contribution in [-0.4, -0.2) is 60.4 Å². The van der Waals surface area contributed by atoms with E-state index in [-0.39, 0.29) is 42.5 Å². The van der Waals surface area contributed by atoms with Crippen molar-refractivity contribution in [1.29, 1.82) is 0 Å². The Morgan fingerprint density at radius 3 is 2.53 bits per heavy atom. The zero-order chi connectivity index (χ0) is 13.0. The van der Waals surface area contributed by atoms with Gasteiger partial charge in [0.25, 0.3) is 0 Å². The van der Waals surface area contributed by atoms with Gasteiger partial charge in [-0.1, -0.05) is 0 Å². The third-order valence-corrected chi connectivity index (χ3v) is 3.21. The molecule has 2 fully saturated rings. The second-order valence-electron chi connectivity index (χ2n) is 4.49. The lowest BCUT2D eigenvalue weighted by Gasteiger charge is -2.27. The minimum atomic E-state index is -0.341. The molecular formula is C11H20IN5O2. The number of piperidine rings is 1. The summed E-state index contributed by atoms with van der Waals surface area (Å²) in [5.41, 5.74) is 5.87. The Morgan fingerprint density at radius 1 is 1.26 bits per heavy atom. The largest absolute Gasteiger partial charge is 0.370 e. The van der Waals surface area contributed by atoms with E-state index >= 15 is 0 Å². The number of urea groups is 1. The maximum atomic E-state index is 11.3. The molecule has 2 aliphatic heterocycles. The van der Waals surface area contributed by atoms with Crippen molar-refractivity contribution in [1.82, 2.24) is 15.1 Å². The van der Waals surface area contributed by atoms with Gasteiger partial charge in [0.05, 0.1) is 19.6 Å².